The molecule has 1 saturated heterocycles. The second-order valence-electron chi connectivity index (χ2n) is 7.13. The van der Waals surface area contributed by atoms with Gasteiger partial charge in [0, 0.05) is 56.5 Å². The Kier molecular flexibility index (Phi) is 7.10. The van der Waals surface area contributed by atoms with Crippen molar-refractivity contribution in [3.63, 3.8) is 0 Å². The quantitative estimate of drug-likeness (QED) is 0.589. The largest absolute Gasteiger partial charge is 0.362 e. The van der Waals surface area contributed by atoms with E-state index in [0.29, 0.717) is 0 Å². The van der Waals surface area contributed by atoms with Crippen LogP contribution in [0.5, 0.6) is 0 Å². The minimum atomic E-state index is 0.803. The van der Waals surface area contributed by atoms with Crippen LogP contribution in [0.4, 0.5) is 0 Å². The first kappa shape index (κ1) is 20.1. The highest BCUT2D eigenvalue weighted by Gasteiger charge is 2.18. The molecule has 1 N–H and O–H groups in total. The Hall–Kier alpha value is -1.63. The van der Waals surface area contributed by atoms with Gasteiger partial charge in [-0.05, 0) is 56.2 Å². The first-order valence-corrected chi connectivity index (χ1v) is 10.3. The molecule has 0 atom stereocenters. The van der Waals surface area contributed by atoms with Gasteiger partial charge in [0.15, 0.2) is 5.11 Å². The maximum atomic E-state index is 6.08. The number of nitrogens with zero attached hydrogens (tertiary/aromatic N) is 4. The van der Waals surface area contributed by atoms with E-state index >= 15 is 0 Å². The van der Waals surface area contributed by atoms with Crippen LogP contribution in [-0.4, -0.2) is 57.4 Å². The summed E-state index contributed by atoms with van der Waals surface area (Å²) in [5.41, 5.74) is 3.55. The maximum Gasteiger partial charge on any atom is 0.169 e. The predicted molar refractivity (Wildman–Crippen MR) is 115 cm³/mol. The van der Waals surface area contributed by atoms with Crippen molar-refractivity contribution in [2.24, 2.45) is 0 Å². The third-order valence-corrected chi connectivity index (χ3v) is 5.52. The van der Waals surface area contributed by atoms with E-state index in [0.717, 1.165) is 68.1 Å². The highest BCUT2D eigenvalue weighted by molar-refractivity contribution is 7.80. The molecule has 5 nitrogen and oxygen atoms in total. The van der Waals surface area contributed by atoms with E-state index in [1.807, 2.05) is 25.1 Å². The van der Waals surface area contributed by atoms with Crippen molar-refractivity contribution < 1.29 is 0 Å². The van der Waals surface area contributed by atoms with E-state index in [4.69, 9.17) is 23.8 Å². The molecule has 0 aliphatic carbocycles. The van der Waals surface area contributed by atoms with Crippen molar-refractivity contribution >= 4 is 28.9 Å². The Balaban J connectivity index is 1.35. The Labute approximate surface area is 172 Å². The minimum Gasteiger partial charge on any atom is -0.362 e. The first-order chi connectivity index (χ1) is 13.0. The number of thiocarbonyl (C=S) groups is 1. The molecular formula is C20H28ClN5S. The summed E-state index contributed by atoms with van der Waals surface area (Å²) in [5.74, 6) is 0. The lowest BCUT2D eigenvalue weighted by Gasteiger charge is -2.36. The molecule has 1 aliphatic heterocycles. The third-order valence-electron chi connectivity index (χ3n) is 4.88. The molecule has 2 aromatic rings. The van der Waals surface area contributed by atoms with Gasteiger partial charge in [0.2, 0.25) is 0 Å². The smallest absolute Gasteiger partial charge is 0.169 e. The number of aryl methyl sites for hydroxylation is 3. The standard InChI is InChI=1S/C20H28ClN5S/c1-16-13-17(2)26(23-16)8-4-7-22-20(27)25-11-9-24(10-12-25)15-18-5-3-6-19(21)14-18/h3,5-6,13-14H,4,7-12,15H2,1-2H3,(H,22,27). The average Bonchev–Trinajstić information content (AvgIpc) is 2.96. The van der Waals surface area contributed by atoms with Gasteiger partial charge < -0.3 is 10.2 Å². The van der Waals surface area contributed by atoms with Crippen LogP contribution >= 0.6 is 23.8 Å². The van der Waals surface area contributed by atoms with E-state index in [9.17, 15) is 0 Å². The molecular weight excluding hydrogens is 378 g/mol. The van der Waals surface area contributed by atoms with Crippen LogP contribution in [0.2, 0.25) is 5.02 Å². The van der Waals surface area contributed by atoms with Gasteiger partial charge in [0.1, 0.15) is 0 Å². The third kappa shape index (κ3) is 5.92. The summed E-state index contributed by atoms with van der Waals surface area (Å²) < 4.78 is 2.06. The van der Waals surface area contributed by atoms with Crippen LogP contribution in [0, 0.1) is 13.8 Å². The molecule has 1 fully saturated rings. The minimum absolute atomic E-state index is 0.803. The number of rotatable bonds is 6. The molecule has 0 spiro atoms. The van der Waals surface area contributed by atoms with E-state index in [1.54, 1.807) is 0 Å². The van der Waals surface area contributed by atoms with E-state index in [-0.39, 0.29) is 0 Å². The van der Waals surface area contributed by atoms with Crippen LogP contribution < -0.4 is 5.32 Å². The van der Waals surface area contributed by atoms with Gasteiger partial charge >= 0.3 is 0 Å². The SMILES string of the molecule is Cc1cc(C)n(CCCNC(=S)N2CCN(Cc3cccc(Cl)c3)CC2)n1. The van der Waals surface area contributed by atoms with Crippen LogP contribution in [-0.2, 0) is 13.1 Å². The average molecular weight is 406 g/mol. The Morgan fingerprint density at radius 2 is 1.96 bits per heavy atom. The summed E-state index contributed by atoms with van der Waals surface area (Å²) in [6.45, 7) is 10.8. The summed E-state index contributed by atoms with van der Waals surface area (Å²) >= 11 is 11.7. The molecule has 1 aromatic carbocycles. The fourth-order valence-electron chi connectivity index (χ4n) is 3.44. The van der Waals surface area contributed by atoms with Gasteiger partial charge in [-0.15, -0.1) is 0 Å². The number of benzene rings is 1. The fraction of sp³-hybridized carbons (Fsp3) is 0.500. The zero-order valence-electron chi connectivity index (χ0n) is 16.1. The number of aromatic nitrogens is 2. The van der Waals surface area contributed by atoms with Gasteiger partial charge in [-0.2, -0.15) is 5.10 Å². The Bertz CT molecular complexity index is 767. The van der Waals surface area contributed by atoms with Crippen molar-refractivity contribution in [2.75, 3.05) is 32.7 Å². The molecule has 0 radical (unpaired) electrons. The number of hydrogen-bond donors (Lipinski definition) is 1. The lowest BCUT2D eigenvalue weighted by Crippen LogP contribution is -2.51. The predicted octanol–water partition coefficient (Wildman–Crippen LogP) is 3.24. The fourth-order valence-corrected chi connectivity index (χ4v) is 3.94. The van der Waals surface area contributed by atoms with Crippen LogP contribution in [0.1, 0.15) is 23.4 Å². The summed E-state index contributed by atoms with van der Waals surface area (Å²) in [5, 5.41) is 9.57. The molecule has 1 aromatic heterocycles. The highest BCUT2D eigenvalue weighted by Crippen LogP contribution is 2.14. The van der Waals surface area contributed by atoms with Gasteiger partial charge in [-0.25, -0.2) is 0 Å². The van der Waals surface area contributed by atoms with Crippen molar-refractivity contribution in [3.8, 4) is 0 Å². The van der Waals surface area contributed by atoms with Crippen LogP contribution in [0.25, 0.3) is 0 Å². The molecule has 146 valence electrons. The van der Waals surface area contributed by atoms with Crippen molar-refractivity contribution in [1.29, 1.82) is 0 Å². The maximum absolute atomic E-state index is 6.08. The number of nitrogens with one attached hydrogen (secondary N) is 1. The second kappa shape index (κ2) is 9.53. The second-order valence-corrected chi connectivity index (χ2v) is 7.95. The molecule has 0 saturated carbocycles. The summed E-state index contributed by atoms with van der Waals surface area (Å²) in [4.78, 5) is 4.72. The molecule has 0 bridgehead atoms. The van der Waals surface area contributed by atoms with Gasteiger partial charge in [-0.1, -0.05) is 23.7 Å². The molecule has 27 heavy (non-hydrogen) atoms. The highest BCUT2D eigenvalue weighted by atomic mass is 35.5. The lowest BCUT2D eigenvalue weighted by atomic mass is 10.2. The first-order valence-electron chi connectivity index (χ1n) is 9.52. The molecule has 3 rings (SSSR count). The topological polar surface area (TPSA) is 36.3 Å². The number of hydrogen-bond acceptors (Lipinski definition) is 3. The summed E-state index contributed by atoms with van der Waals surface area (Å²) in [6, 6.07) is 10.2. The Morgan fingerprint density at radius 3 is 2.63 bits per heavy atom. The van der Waals surface area contributed by atoms with Crippen molar-refractivity contribution in [1.82, 2.24) is 24.9 Å². The van der Waals surface area contributed by atoms with Gasteiger partial charge in [0.25, 0.3) is 0 Å². The Morgan fingerprint density at radius 1 is 1.19 bits per heavy atom. The zero-order chi connectivity index (χ0) is 19.2. The van der Waals surface area contributed by atoms with E-state index in [2.05, 4.69) is 44.0 Å². The summed E-state index contributed by atoms with van der Waals surface area (Å²) in [6.07, 6.45) is 1.01. The van der Waals surface area contributed by atoms with Crippen LogP contribution in [0.3, 0.4) is 0 Å². The normalized spacial score (nSPS) is 15.1. The number of halogens is 1. The van der Waals surface area contributed by atoms with E-state index < -0.39 is 0 Å². The number of piperazine rings is 1. The molecule has 1 aliphatic rings. The van der Waals surface area contributed by atoms with Crippen molar-refractivity contribution in [3.05, 3.63) is 52.3 Å². The molecule has 0 amide bonds. The molecule has 7 heteroatoms. The van der Waals surface area contributed by atoms with Gasteiger partial charge in [-0.3, -0.25) is 9.58 Å². The monoisotopic (exact) mass is 405 g/mol. The van der Waals surface area contributed by atoms with E-state index in [1.165, 1.54) is 11.3 Å². The zero-order valence-corrected chi connectivity index (χ0v) is 17.7. The van der Waals surface area contributed by atoms with Crippen molar-refractivity contribution in [2.45, 2.75) is 33.4 Å². The molecule has 0 unspecified atom stereocenters. The summed E-state index contributed by atoms with van der Waals surface area (Å²) in [7, 11) is 0. The van der Waals surface area contributed by atoms with Crippen LogP contribution in [0.15, 0.2) is 30.3 Å². The molecule has 2 heterocycles. The lowest BCUT2D eigenvalue weighted by molar-refractivity contribution is 0.174. The van der Waals surface area contributed by atoms with Gasteiger partial charge in [0.05, 0.1) is 5.69 Å².